The standard InChI is InChI=1S/C7H14ClNO2S/c1-12(10,11)5-4-9-3-2-7(8)6-9/h7H,2-6H2,1H3. The summed E-state index contributed by atoms with van der Waals surface area (Å²) in [4.78, 5) is 2.10. The molecule has 0 bridgehead atoms. The van der Waals surface area contributed by atoms with Gasteiger partial charge < -0.3 is 4.90 Å². The molecule has 1 unspecified atom stereocenters. The molecule has 1 aliphatic heterocycles. The lowest BCUT2D eigenvalue weighted by Gasteiger charge is -2.13. The lowest BCUT2D eigenvalue weighted by atomic mass is 10.4. The van der Waals surface area contributed by atoms with Crippen LogP contribution >= 0.6 is 11.6 Å². The largest absolute Gasteiger partial charge is 0.301 e. The Morgan fingerprint density at radius 3 is 2.67 bits per heavy atom. The van der Waals surface area contributed by atoms with Gasteiger partial charge in [-0.05, 0) is 13.0 Å². The number of likely N-dealkylation sites (tertiary alicyclic amines) is 1. The molecule has 3 nitrogen and oxygen atoms in total. The Hall–Kier alpha value is 0.200. The van der Waals surface area contributed by atoms with E-state index in [1.54, 1.807) is 0 Å². The van der Waals surface area contributed by atoms with Gasteiger partial charge in [0.1, 0.15) is 9.84 Å². The Bertz CT molecular complexity index is 240. The number of sulfone groups is 1. The number of halogens is 1. The summed E-state index contributed by atoms with van der Waals surface area (Å²) in [5, 5.41) is 0.213. The fourth-order valence-electron chi connectivity index (χ4n) is 1.28. The molecule has 1 heterocycles. The van der Waals surface area contributed by atoms with Gasteiger partial charge in [0.2, 0.25) is 0 Å². The summed E-state index contributed by atoms with van der Waals surface area (Å²) in [6.07, 6.45) is 2.24. The van der Waals surface area contributed by atoms with E-state index in [0.29, 0.717) is 6.54 Å². The van der Waals surface area contributed by atoms with Crippen LogP contribution < -0.4 is 0 Å². The van der Waals surface area contributed by atoms with Gasteiger partial charge in [0.15, 0.2) is 0 Å². The summed E-state index contributed by atoms with van der Waals surface area (Å²) in [6.45, 7) is 2.39. The first kappa shape index (κ1) is 10.3. The second-order valence-corrected chi connectivity index (χ2v) is 6.19. The van der Waals surface area contributed by atoms with Crippen molar-refractivity contribution < 1.29 is 8.42 Å². The zero-order valence-corrected chi connectivity index (χ0v) is 8.74. The summed E-state index contributed by atoms with van der Waals surface area (Å²) >= 11 is 5.87. The van der Waals surface area contributed by atoms with Crippen LogP contribution in [0.4, 0.5) is 0 Å². The van der Waals surface area contributed by atoms with Crippen molar-refractivity contribution in [3.8, 4) is 0 Å². The van der Waals surface area contributed by atoms with Crippen LogP contribution in [-0.4, -0.2) is 50.3 Å². The smallest absolute Gasteiger partial charge is 0.148 e. The first-order chi connectivity index (χ1) is 5.47. The zero-order valence-electron chi connectivity index (χ0n) is 7.16. The van der Waals surface area contributed by atoms with Crippen molar-refractivity contribution in [3.63, 3.8) is 0 Å². The number of hydrogen-bond donors (Lipinski definition) is 0. The Morgan fingerprint density at radius 1 is 1.58 bits per heavy atom. The summed E-state index contributed by atoms with van der Waals surface area (Å²) in [6, 6.07) is 0. The van der Waals surface area contributed by atoms with E-state index in [-0.39, 0.29) is 11.1 Å². The van der Waals surface area contributed by atoms with Crippen molar-refractivity contribution in [1.29, 1.82) is 0 Å². The third kappa shape index (κ3) is 3.74. The molecule has 0 N–H and O–H groups in total. The van der Waals surface area contributed by atoms with Crippen LogP contribution in [0.15, 0.2) is 0 Å². The highest BCUT2D eigenvalue weighted by molar-refractivity contribution is 7.90. The molecule has 0 amide bonds. The predicted octanol–water partition coefficient (Wildman–Crippen LogP) is 0.344. The average molecular weight is 212 g/mol. The summed E-state index contributed by atoms with van der Waals surface area (Å²) in [5.74, 6) is 0.247. The molecule has 0 aromatic rings. The fourth-order valence-corrected chi connectivity index (χ4v) is 2.17. The fraction of sp³-hybridized carbons (Fsp3) is 1.00. The van der Waals surface area contributed by atoms with Gasteiger partial charge in [0, 0.05) is 24.7 Å². The Morgan fingerprint density at radius 2 is 2.25 bits per heavy atom. The van der Waals surface area contributed by atoms with Crippen molar-refractivity contribution in [2.24, 2.45) is 0 Å². The van der Waals surface area contributed by atoms with Crippen molar-refractivity contribution in [1.82, 2.24) is 4.90 Å². The van der Waals surface area contributed by atoms with Crippen LogP contribution in [0.1, 0.15) is 6.42 Å². The first-order valence-corrected chi connectivity index (χ1v) is 6.51. The van der Waals surface area contributed by atoms with Crippen molar-refractivity contribution in [3.05, 3.63) is 0 Å². The zero-order chi connectivity index (χ0) is 9.19. The Kier molecular flexibility index (Phi) is 3.37. The maximum Gasteiger partial charge on any atom is 0.148 e. The van der Waals surface area contributed by atoms with E-state index in [9.17, 15) is 8.42 Å². The SMILES string of the molecule is CS(=O)(=O)CCN1CCC(Cl)C1. The van der Waals surface area contributed by atoms with Gasteiger partial charge in [0.25, 0.3) is 0 Å². The number of alkyl halides is 1. The molecular weight excluding hydrogens is 198 g/mol. The van der Waals surface area contributed by atoms with Crippen LogP contribution in [0, 0.1) is 0 Å². The van der Waals surface area contributed by atoms with Crippen LogP contribution in [0.25, 0.3) is 0 Å². The molecule has 1 rings (SSSR count). The minimum Gasteiger partial charge on any atom is -0.301 e. The molecule has 5 heteroatoms. The first-order valence-electron chi connectivity index (χ1n) is 4.01. The number of hydrogen-bond acceptors (Lipinski definition) is 3. The molecular formula is C7H14ClNO2S. The number of rotatable bonds is 3. The maximum atomic E-state index is 10.8. The normalized spacial score (nSPS) is 26.3. The van der Waals surface area contributed by atoms with Crippen LogP contribution in [0.3, 0.4) is 0 Å². The Labute approximate surface area is 78.6 Å². The Balaban J connectivity index is 2.25. The summed E-state index contributed by atoms with van der Waals surface area (Å²) in [7, 11) is -2.81. The summed E-state index contributed by atoms with van der Waals surface area (Å²) in [5.41, 5.74) is 0. The van der Waals surface area contributed by atoms with Gasteiger partial charge in [-0.25, -0.2) is 8.42 Å². The molecule has 0 radical (unpaired) electrons. The highest BCUT2D eigenvalue weighted by Crippen LogP contribution is 2.13. The van der Waals surface area contributed by atoms with Gasteiger partial charge in [-0.1, -0.05) is 0 Å². The van der Waals surface area contributed by atoms with Crippen LogP contribution in [0.2, 0.25) is 0 Å². The van der Waals surface area contributed by atoms with Crippen molar-refractivity contribution in [2.45, 2.75) is 11.8 Å². The molecule has 0 aromatic carbocycles. The highest BCUT2D eigenvalue weighted by atomic mass is 35.5. The molecule has 1 atom stereocenters. The molecule has 12 heavy (non-hydrogen) atoms. The van der Waals surface area contributed by atoms with Crippen LogP contribution in [0.5, 0.6) is 0 Å². The highest BCUT2D eigenvalue weighted by Gasteiger charge is 2.20. The molecule has 1 saturated heterocycles. The topological polar surface area (TPSA) is 37.4 Å². The van der Waals surface area contributed by atoms with Crippen molar-refractivity contribution >= 4 is 21.4 Å². The number of nitrogens with zero attached hydrogens (tertiary/aromatic N) is 1. The third-order valence-corrected chi connectivity index (χ3v) is 3.27. The molecule has 0 saturated carbocycles. The monoisotopic (exact) mass is 211 g/mol. The second-order valence-electron chi connectivity index (χ2n) is 3.32. The quantitative estimate of drug-likeness (QED) is 0.632. The van der Waals surface area contributed by atoms with E-state index in [1.807, 2.05) is 0 Å². The van der Waals surface area contributed by atoms with E-state index in [4.69, 9.17) is 11.6 Å². The van der Waals surface area contributed by atoms with E-state index in [1.165, 1.54) is 6.26 Å². The van der Waals surface area contributed by atoms with Crippen LogP contribution in [-0.2, 0) is 9.84 Å². The second kappa shape index (κ2) is 3.94. The van der Waals surface area contributed by atoms with Gasteiger partial charge in [0.05, 0.1) is 5.75 Å². The molecule has 0 aliphatic carbocycles. The lowest BCUT2D eigenvalue weighted by Crippen LogP contribution is -2.27. The van der Waals surface area contributed by atoms with E-state index < -0.39 is 9.84 Å². The van der Waals surface area contributed by atoms with Gasteiger partial charge in [-0.15, -0.1) is 11.6 Å². The molecule has 0 aromatic heterocycles. The molecule has 1 fully saturated rings. The molecule has 1 aliphatic rings. The maximum absolute atomic E-state index is 10.8. The minimum atomic E-state index is -2.81. The minimum absolute atomic E-state index is 0.213. The van der Waals surface area contributed by atoms with E-state index in [0.717, 1.165) is 19.5 Å². The van der Waals surface area contributed by atoms with Gasteiger partial charge in [-0.3, -0.25) is 0 Å². The van der Waals surface area contributed by atoms with E-state index in [2.05, 4.69) is 4.90 Å². The predicted molar refractivity (Wildman–Crippen MR) is 50.4 cm³/mol. The van der Waals surface area contributed by atoms with E-state index >= 15 is 0 Å². The molecule has 72 valence electrons. The average Bonchev–Trinajstić information content (AvgIpc) is 2.30. The third-order valence-electron chi connectivity index (χ3n) is 1.99. The lowest BCUT2D eigenvalue weighted by molar-refractivity contribution is 0.360. The molecule has 0 spiro atoms. The summed E-state index contributed by atoms with van der Waals surface area (Å²) < 4.78 is 21.6. The van der Waals surface area contributed by atoms with Gasteiger partial charge in [-0.2, -0.15) is 0 Å². The van der Waals surface area contributed by atoms with Gasteiger partial charge >= 0.3 is 0 Å². The van der Waals surface area contributed by atoms with Crippen molar-refractivity contribution in [2.75, 3.05) is 31.6 Å².